The first-order valence-electron chi connectivity index (χ1n) is 7.18. The van der Waals surface area contributed by atoms with Crippen LogP contribution in [0.5, 0.6) is 0 Å². The molecule has 1 fully saturated rings. The lowest BCUT2D eigenvalue weighted by molar-refractivity contribution is -0.121. The van der Waals surface area contributed by atoms with Crippen LogP contribution in [0.15, 0.2) is 12.3 Å². The normalized spacial score (nSPS) is 15.9. The summed E-state index contributed by atoms with van der Waals surface area (Å²) >= 11 is 0. The molecule has 1 aliphatic heterocycles. The van der Waals surface area contributed by atoms with Crippen LogP contribution in [0.1, 0.15) is 26.3 Å². The first kappa shape index (κ1) is 16.1. The highest BCUT2D eigenvalue weighted by Crippen LogP contribution is 2.21. The molecule has 7 nitrogen and oxygen atoms in total. The first-order chi connectivity index (χ1) is 10.2. The molecule has 0 spiro atoms. The fourth-order valence-corrected chi connectivity index (χ4v) is 2.25. The molecule has 0 saturated carbocycles. The Hall–Kier alpha value is -2.31. The van der Waals surface area contributed by atoms with Crippen molar-refractivity contribution in [3.63, 3.8) is 0 Å². The molecule has 0 aromatic carbocycles. The van der Waals surface area contributed by atoms with Crippen LogP contribution in [-0.4, -0.2) is 47.1 Å². The molecule has 0 bridgehead atoms. The molecule has 2 rings (SSSR count). The van der Waals surface area contributed by atoms with E-state index in [9.17, 15) is 9.59 Å². The largest absolute Gasteiger partial charge is 0.444 e. The van der Waals surface area contributed by atoms with Gasteiger partial charge < -0.3 is 10.5 Å². The van der Waals surface area contributed by atoms with Crippen LogP contribution in [-0.2, 0) is 9.53 Å². The monoisotopic (exact) mass is 306 g/mol. The highest BCUT2D eigenvalue weighted by atomic mass is 16.6. The van der Waals surface area contributed by atoms with Gasteiger partial charge in [-0.1, -0.05) is 0 Å². The number of carbonyl (C=O) groups excluding carboxylic acids is 2. The molecule has 1 saturated heterocycles. The molecule has 2 amide bonds. The zero-order chi connectivity index (χ0) is 16.5. The predicted octanol–water partition coefficient (Wildman–Crippen LogP) is 1.56. The van der Waals surface area contributed by atoms with Crippen LogP contribution in [0.3, 0.4) is 0 Å². The number of hydrogen-bond donors (Lipinski definition) is 1. The third-order valence-corrected chi connectivity index (χ3v) is 3.20. The Bertz CT molecular complexity index is 595. The number of carbonyl (C=O) groups is 2. The van der Waals surface area contributed by atoms with Gasteiger partial charge in [-0.3, -0.25) is 14.6 Å². The number of nitrogen functional groups attached to an aromatic ring is 1. The Labute approximate surface area is 130 Å². The van der Waals surface area contributed by atoms with E-state index in [1.54, 1.807) is 31.7 Å². The van der Waals surface area contributed by atoms with Crippen LogP contribution in [0.4, 0.5) is 16.3 Å². The molecular weight excluding hydrogens is 284 g/mol. The molecule has 2 heterocycles. The zero-order valence-corrected chi connectivity index (χ0v) is 13.4. The van der Waals surface area contributed by atoms with Crippen molar-refractivity contribution >= 4 is 23.5 Å². The predicted molar refractivity (Wildman–Crippen MR) is 83.5 cm³/mol. The van der Waals surface area contributed by atoms with Crippen LogP contribution >= 0.6 is 0 Å². The first-order valence-corrected chi connectivity index (χ1v) is 7.18. The summed E-state index contributed by atoms with van der Waals surface area (Å²) in [6.45, 7) is 8.02. The number of anilines is 2. The van der Waals surface area contributed by atoms with Gasteiger partial charge in [-0.25, -0.2) is 9.78 Å². The van der Waals surface area contributed by atoms with Crippen LogP contribution in [0.2, 0.25) is 0 Å². The lowest BCUT2D eigenvalue weighted by Gasteiger charge is -2.35. The van der Waals surface area contributed by atoms with E-state index in [4.69, 9.17) is 10.5 Å². The molecule has 120 valence electrons. The second kappa shape index (κ2) is 5.82. The van der Waals surface area contributed by atoms with Gasteiger partial charge in [-0.15, -0.1) is 0 Å². The zero-order valence-electron chi connectivity index (χ0n) is 13.4. The number of rotatable bonds is 1. The summed E-state index contributed by atoms with van der Waals surface area (Å²) in [4.78, 5) is 31.6. The smallest absolute Gasteiger partial charge is 0.410 e. The van der Waals surface area contributed by atoms with Gasteiger partial charge in [-0.2, -0.15) is 0 Å². The van der Waals surface area contributed by atoms with Crippen molar-refractivity contribution in [1.29, 1.82) is 0 Å². The number of amides is 2. The SMILES string of the molecule is Cc1cc(N)cnc1N1CCN(C(=O)OC(C)(C)C)CC1=O. The van der Waals surface area contributed by atoms with E-state index in [-0.39, 0.29) is 12.5 Å². The van der Waals surface area contributed by atoms with E-state index >= 15 is 0 Å². The number of hydrogen-bond acceptors (Lipinski definition) is 5. The average Bonchev–Trinajstić information content (AvgIpc) is 2.37. The summed E-state index contributed by atoms with van der Waals surface area (Å²) in [6.07, 6.45) is 1.05. The fourth-order valence-electron chi connectivity index (χ4n) is 2.25. The van der Waals surface area contributed by atoms with Gasteiger partial charge >= 0.3 is 6.09 Å². The van der Waals surface area contributed by atoms with Crippen LogP contribution < -0.4 is 10.6 Å². The lowest BCUT2D eigenvalue weighted by Crippen LogP contribution is -2.53. The van der Waals surface area contributed by atoms with Gasteiger partial charge in [0.2, 0.25) is 5.91 Å². The summed E-state index contributed by atoms with van der Waals surface area (Å²) in [5.41, 5.74) is 6.49. The average molecular weight is 306 g/mol. The maximum Gasteiger partial charge on any atom is 0.410 e. The number of piperazine rings is 1. The number of aryl methyl sites for hydroxylation is 1. The van der Waals surface area contributed by atoms with E-state index in [0.717, 1.165) is 5.56 Å². The van der Waals surface area contributed by atoms with E-state index in [1.165, 1.54) is 11.1 Å². The second-order valence-electron chi connectivity index (χ2n) is 6.36. The van der Waals surface area contributed by atoms with Crippen molar-refractivity contribution in [1.82, 2.24) is 9.88 Å². The van der Waals surface area contributed by atoms with E-state index in [2.05, 4.69) is 4.98 Å². The lowest BCUT2D eigenvalue weighted by atomic mass is 10.2. The van der Waals surface area contributed by atoms with Gasteiger partial charge in [0, 0.05) is 13.1 Å². The quantitative estimate of drug-likeness (QED) is 0.850. The summed E-state index contributed by atoms with van der Waals surface area (Å²) in [6, 6.07) is 1.77. The highest BCUT2D eigenvalue weighted by molar-refractivity contribution is 5.97. The molecule has 1 aliphatic rings. The van der Waals surface area contributed by atoms with Crippen molar-refractivity contribution in [2.45, 2.75) is 33.3 Å². The standard InChI is InChI=1S/C15H22N4O3/c1-10-7-11(16)8-17-13(10)19-6-5-18(9-12(19)20)14(21)22-15(2,3)4/h7-8H,5-6,9,16H2,1-4H3. The molecule has 2 N–H and O–H groups in total. The Morgan fingerprint density at radius 1 is 1.36 bits per heavy atom. The van der Waals surface area contributed by atoms with Crippen molar-refractivity contribution in [3.05, 3.63) is 17.8 Å². The number of pyridine rings is 1. The summed E-state index contributed by atoms with van der Waals surface area (Å²) in [5.74, 6) is 0.403. The van der Waals surface area contributed by atoms with E-state index in [0.29, 0.717) is 24.6 Å². The molecule has 22 heavy (non-hydrogen) atoms. The van der Waals surface area contributed by atoms with Crippen molar-refractivity contribution in [2.24, 2.45) is 0 Å². The fraction of sp³-hybridized carbons (Fsp3) is 0.533. The van der Waals surface area contributed by atoms with Gasteiger partial charge in [-0.05, 0) is 39.3 Å². The highest BCUT2D eigenvalue weighted by Gasteiger charge is 2.31. The molecule has 7 heteroatoms. The molecular formula is C15H22N4O3. The molecule has 0 aliphatic carbocycles. The topological polar surface area (TPSA) is 88.8 Å². The van der Waals surface area contributed by atoms with Crippen LogP contribution in [0, 0.1) is 6.92 Å². The third kappa shape index (κ3) is 3.66. The Morgan fingerprint density at radius 3 is 2.59 bits per heavy atom. The molecule has 1 aromatic rings. The third-order valence-electron chi connectivity index (χ3n) is 3.20. The van der Waals surface area contributed by atoms with Crippen LogP contribution in [0.25, 0.3) is 0 Å². The number of ether oxygens (including phenoxy) is 1. The van der Waals surface area contributed by atoms with Gasteiger partial charge in [0.25, 0.3) is 0 Å². The molecule has 0 unspecified atom stereocenters. The summed E-state index contributed by atoms with van der Waals surface area (Å²) in [7, 11) is 0. The maximum atomic E-state index is 12.3. The minimum Gasteiger partial charge on any atom is -0.444 e. The van der Waals surface area contributed by atoms with Crippen molar-refractivity contribution in [2.75, 3.05) is 30.3 Å². The molecule has 1 aromatic heterocycles. The number of nitrogens with two attached hydrogens (primary N) is 1. The van der Waals surface area contributed by atoms with Gasteiger partial charge in [0.1, 0.15) is 18.0 Å². The molecule has 0 radical (unpaired) electrons. The maximum absolute atomic E-state index is 12.3. The van der Waals surface area contributed by atoms with Gasteiger partial charge in [0.15, 0.2) is 0 Å². The van der Waals surface area contributed by atoms with E-state index in [1.807, 2.05) is 6.92 Å². The Morgan fingerprint density at radius 2 is 2.05 bits per heavy atom. The van der Waals surface area contributed by atoms with Crippen molar-refractivity contribution < 1.29 is 14.3 Å². The van der Waals surface area contributed by atoms with Gasteiger partial charge in [0.05, 0.1) is 11.9 Å². The summed E-state index contributed by atoms with van der Waals surface area (Å²) in [5, 5.41) is 0. The minimum absolute atomic E-state index is 0.0135. The second-order valence-corrected chi connectivity index (χ2v) is 6.36. The summed E-state index contributed by atoms with van der Waals surface area (Å²) < 4.78 is 5.29. The van der Waals surface area contributed by atoms with Crippen molar-refractivity contribution in [3.8, 4) is 0 Å². The number of nitrogens with zero attached hydrogens (tertiary/aromatic N) is 3. The Kier molecular flexibility index (Phi) is 4.25. The van der Waals surface area contributed by atoms with E-state index < -0.39 is 11.7 Å². The Balaban J connectivity index is 2.07. The minimum atomic E-state index is -0.577. The molecule has 0 atom stereocenters. The number of aromatic nitrogens is 1.